The van der Waals surface area contributed by atoms with E-state index in [0.29, 0.717) is 15.9 Å². The number of aromatic nitrogens is 2. The maximum absolute atomic E-state index is 6.11. The van der Waals surface area contributed by atoms with Gasteiger partial charge < -0.3 is 0 Å². The lowest BCUT2D eigenvalue weighted by Gasteiger charge is -2.02. The first-order valence-corrected chi connectivity index (χ1v) is 8.08. The van der Waals surface area contributed by atoms with Crippen LogP contribution in [0.5, 0.6) is 0 Å². The molecule has 1 N–H and O–H groups in total. The quantitative estimate of drug-likeness (QED) is 0.530. The van der Waals surface area contributed by atoms with Crippen molar-refractivity contribution in [1.29, 1.82) is 0 Å². The lowest BCUT2D eigenvalue weighted by molar-refractivity contribution is 1.19. The molecule has 2 aromatic heterocycles. The first kappa shape index (κ1) is 15.2. The van der Waals surface area contributed by atoms with Gasteiger partial charge in [0.15, 0.2) is 5.82 Å². The molecule has 0 aliphatic heterocycles. The van der Waals surface area contributed by atoms with Crippen molar-refractivity contribution in [3.8, 4) is 0 Å². The number of halogens is 2. The highest BCUT2D eigenvalue weighted by Crippen LogP contribution is 2.32. The number of thiophene rings is 1. The fraction of sp³-hybridized carbons (Fsp3) is 0.133. The number of aryl methyl sites for hydroxylation is 2. The summed E-state index contributed by atoms with van der Waals surface area (Å²) < 4.78 is 0. The van der Waals surface area contributed by atoms with Crippen molar-refractivity contribution in [3.05, 3.63) is 50.6 Å². The highest BCUT2D eigenvalue weighted by molar-refractivity contribution is 7.18. The molecule has 112 valence electrons. The minimum absolute atomic E-state index is 0.549. The molecule has 0 spiro atoms. The third-order valence-electron chi connectivity index (χ3n) is 3.30. The molecule has 4 nitrogen and oxygen atoms in total. The molecule has 0 saturated heterocycles. The van der Waals surface area contributed by atoms with Crippen LogP contribution in [0.4, 0.5) is 5.82 Å². The third kappa shape index (κ3) is 2.92. The lowest BCUT2D eigenvalue weighted by Crippen LogP contribution is -1.95. The zero-order chi connectivity index (χ0) is 15.7. The molecule has 3 aromatic rings. The predicted molar refractivity (Wildman–Crippen MR) is 94.6 cm³/mol. The smallest absolute Gasteiger partial charge is 0.158 e. The van der Waals surface area contributed by atoms with Gasteiger partial charge in [-0.1, -0.05) is 29.3 Å². The minimum Gasteiger partial charge on any atom is -0.261 e. The summed E-state index contributed by atoms with van der Waals surface area (Å²) in [5, 5.41) is 6.36. The SMILES string of the molecule is Cc1sc2ncnc(N/N=C\c3ccc(Cl)cc3Cl)c2c1C. The summed E-state index contributed by atoms with van der Waals surface area (Å²) in [6.45, 7) is 4.13. The number of hydrogen-bond donors (Lipinski definition) is 1. The fourth-order valence-corrected chi connectivity index (χ4v) is 3.49. The van der Waals surface area contributed by atoms with E-state index in [0.717, 1.165) is 15.8 Å². The molecule has 0 atom stereocenters. The van der Waals surface area contributed by atoms with E-state index in [1.807, 2.05) is 6.07 Å². The molecular formula is C15H12Cl2N4S. The Hall–Kier alpha value is -1.69. The normalized spacial score (nSPS) is 11.5. The molecule has 0 aliphatic rings. The number of benzene rings is 1. The summed E-state index contributed by atoms with van der Waals surface area (Å²) in [4.78, 5) is 10.7. The van der Waals surface area contributed by atoms with Crippen LogP contribution in [-0.4, -0.2) is 16.2 Å². The number of hydrazone groups is 1. The van der Waals surface area contributed by atoms with Crippen LogP contribution in [0.15, 0.2) is 29.6 Å². The fourth-order valence-electron chi connectivity index (χ4n) is 2.04. The molecule has 0 aliphatic carbocycles. The molecule has 22 heavy (non-hydrogen) atoms. The Bertz CT molecular complexity index is 873. The van der Waals surface area contributed by atoms with Crippen molar-refractivity contribution < 1.29 is 0 Å². The van der Waals surface area contributed by atoms with E-state index in [9.17, 15) is 0 Å². The first-order chi connectivity index (χ1) is 10.6. The number of hydrogen-bond acceptors (Lipinski definition) is 5. The Morgan fingerprint density at radius 3 is 2.82 bits per heavy atom. The highest BCUT2D eigenvalue weighted by Gasteiger charge is 2.11. The number of rotatable bonds is 3. The van der Waals surface area contributed by atoms with Crippen molar-refractivity contribution in [2.24, 2.45) is 5.10 Å². The van der Waals surface area contributed by atoms with E-state index in [1.165, 1.54) is 16.8 Å². The Morgan fingerprint density at radius 2 is 2.05 bits per heavy atom. The summed E-state index contributed by atoms with van der Waals surface area (Å²) in [6.07, 6.45) is 3.17. The number of nitrogens with zero attached hydrogens (tertiary/aromatic N) is 3. The Labute approximate surface area is 141 Å². The van der Waals surface area contributed by atoms with Gasteiger partial charge in [-0.05, 0) is 31.5 Å². The van der Waals surface area contributed by atoms with Crippen LogP contribution in [-0.2, 0) is 0 Å². The molecule has 0 fully saturated rings. The van der Waals surface area contributed by atoms with Crippen LogP contribution in [0, 0.1) is 13.8 Å². The molecule has 1 aromatic carbocycles. The Morgan fingerprint density at radius 1 is 1.23 bits per heavy atom. The van der Waals surface area contributed by atoms with E-state index in [-0.39, 0.29) is 0 Å². The van der Waals surface area contributed by atoms with Gasteiger partial charge >= 0.3 is 0 Å². The largest absolute Gasteiger partial charge is 0.261 e. The second kappa shape index (κ2) is 6.20. The molecular weight excluding hydrogens is 339 g/mol. The van der Waals surface area contributed by atoms with E-state index >= 15 is 0 Å². The number of anilines is 1. The zero-order valence-corrected chi connectivity index (χ0v) is 14.2. The summed E-state index contributed by atoms with van der Waals surface area (Å²) in [6, 6.07) is 5.26. The van der Waals surface area contributed by atoms with Gasteiger partial charge in [-0.2, -0.15) is 5.10 Å². The van der Waals surface area contributed by atoms with Crippen LogP contribution >= 0.6 is 34.5 Å². The van der Waals surface area contributed by atoms with E-state index in [2.05, 4.69) is 34.3 Å². The highest BCUT2D eigenvalue weighted by atomic mass is 35.5. The summed E-state index contributed by atoms with van der Waals surface area (Å²) in [7, 11) is 0. The Balaban J connectivity index is 1.89. The molecule has 0 radical (unpaired) electrons. The summed E-state index contributed by atoms with van der Waals surface area (Å²) in [5.74, 6) is 0.688. The molecule has 7 heteroatoms. The van der Waals surface area contributed by atoms with Gasteiger partial charge in [0.25, 0.3) is 0 Å². The van der Waals surface area contributed by atoms with Crippen LogP contribution in [0.2, 0.25) is 10.0 Å². The lowest BCUT2D eigenvalue weighted by atomic mass is 10.2. The van der Waals surface area contributed by atoms with Crippen molar-refractivity contribution in [3.63, 3.8) is 0 Å². The van der Waals surface area contributed by atoms with Crippen LogP contribution in [0.1, 0.15) is 16.0 Å². The average molecular weight is 351 g/mol. The van der Waals surface area contributed by atoms with Crippen molar-refractivity contribution in [2.75, 3.05) is 5.43 Å². The number of nitrogens with one attached hydrogen (secondary N) is 1. The first-order valence-electron chi connectivity index (χ1n) is 6.51. The van der Waals surface area contributed by atoms with Crippen molar-refractivity contribution >= 4 is 56.8 Å². The van der Waals surface area contributed by atoms with Crippen LogP contribution in [0.25, 0.3) is 10.2 Å². The standard InChI is InChI=1S/C15H12Cl2N4S/c1-8-9(2)22-15-13(8)14(18-7-19-15)21-20-6-10-3-4-11(16)5-12(10)17/h3-7H,1-2H3,(H,18,19,21)/b20-6-. The molecule has 0 bridgehead atoms. The summed E-state index contributed by atoms with van der Waals surface area (Å²) >= 11 is 13.6. The van der Waals surface area contributed by atoms with Gasteiger partial charge in [0.2, 0.25) is 0 Å². The molecule has 3 rings (SSSR count). The van der Waals surface area contributed by atoms with Crippen molar-refractivity contribution in [1.82, 2.24) is 9.97 Å². The Kier molecular flexibility index (Phi) is 4.29. The van der Waals surface area contributed by atoms with Gasteiger partial charge in [0.1, 0.15) is 11.2 Å². The third-order valence-corrected chi connectivity index (χ3v) is 4.98. The average Bonchev–Trinajstić information content (AvgIpc) is 2.77. The maximum atomic E-state index is 6.11. The van der Waals surface area contributed by atoms with Crippen LogP contribution < -0.4 is 5.43 Å². The van der Waals surface area contributed by atoms with Gasteiger partial charge in [0, 0.05) is 15.5 Å². The summed E-state index contributed by atoms with van der Waals surface area (Å²) in [5.41, 5.74) is 4.91. The van der Waals surface area contributed by atoms with Gasteiger partial charge in [0.05, 0.1) is 16.6 Å². The second-order valence-electron chi connectivity index (χ2n) is 4.72. The van der Waals surface area contributed by atoms with E-state index < -0.39 is 0 Å². The van der Waals surface area contributed by atoms with Gasteiger partial charge in [-0.25, -0.2) is 9.97 Å². The van der Waals surface area contributed by atoms with Gasteiger partial charge in [-0.3, -0.25) is 5.43 Å². The molecule has 0 amide bonds. The molecule has 0 unspecified atom stereocenters. The van der Waals surface area contributed by atoms with Crippen LogP contribution in [0.3, 0.4) is 0 Å². The molecule has 0 saturated carbocycles. The minimum atomic E-state index is 0.549. The topological polar surface area (TPSA) is 50.2 Å². The molecule has 2 heterocycles. The maximum Gasteiger partial charge on any atom is 0.158 e. The second-order valence-corrected chi connectivity index (χ2v) is 6.77. The zero-order valence-electron chi connectivity index (χ0n) is 11.9. The predicted octanol–water partition coefficient (Wildman–Crippen LogP) is 5.06. The van der Waals surface area contributed by atoms with E-state index in [1.54, 1.807) is 29.7 Å². The monoisotopic (exact) mass is 350 g/mol. The van der Waals surface area contributed by atoms with E-state index in [4.69, 9.17) is 23.2 Å². The van der Waals surface area contributed by atoms with Gasteiger partial charge in [-0.15, -0.1) is 11.3 Å². The van der Waals surface area contributed by atoms with Crippen molar-refractivity contribution in [2.45, 2.75) is 13.8 Å². The number of fused-ring (bicyclic) bond motifs is 1.